The summed E-state index contributed by atoms with van der Waals surface area (Å²) in [4.78, 5) is 0. The van der Waals surface area contributed by atoms with Crippen molar-refractivity contribution in [1.29, 1.82) is 0 Å². The van der Waals surface area contributed by atoms with Crippen molar-refractivity contribution in [2.45, 2.75) is 102 Å². The maximum absolute atomic E-state index is 13.6. The van der Waals surface area contributed by atoms with Crippen LogP contribution in [0, 0.1) is 23.1 Å². The van der Waals surface area contributed by atoms with Crippen molar-refractivity contribution in [1.82, 2.24) is 0 Å². The molecule has 4 aliphatic rings. The van der Waals surface area contributed by atoms with Crippen LogP contribution < -0.4 is 4.74 Å². The van der Waals surface area contributed by atoms with Crippen molar-refractivity contribution >= 4 is 0 Å². The highest BCUT2D eigenvalue weighted by atomic mass is 19.1. The van der Waals surface area contributed by atoms with E-state index in [-0.39, 0.29) is 16.8 Å². The molecule has 0 spiro atoms. The van der Waals surface area contributed by atoms with Gasteiger partial charge in [-0.05, 0) is 141 Å². The molecule has 3 saturated carbocycles. The molecule has 2 aromatic rings. The average molecular weight is 447 g/mol. The number of aryl methyl sites for hydroxylation is 1. The van der Waals surface area contributed by atoms with E-state index >= 15 is 0 Å². The molecule has 4 aliphatic carbocycles. The Bertz CT molecular complexity index is 1040. The summed E-state index contributed by atoms with van der Waals surface area (Å²) in [6.45, 7) is 7.30. The largest absolute Gasteiger partial charge is 0.488 e. The van der Waals surface area contributed by atoms with Crippen LogP contribution in [-0.2, 0) is 11.8 Å². The average Bonchev–Trinajstić information content (AvgIpc) is 3.35. The van der Waals surface area contributed by atoms with Crippen LogP contribution in [0.2, 0.25) is 0 Å². The molecule has 0 unspecified atom stereocenters. The van der Waals surface area contributed by atoms with E-state index in [9.17, 15) is 4.39 Å². The van der Waals surface area contributed by atoms with Gasteiger partial charge in [0, 0.05) is 0 Å². The Hall–Kier alpha value is -1.83. The number of hydrogen-bond donors (Lipinski definition) is 0. The van der Waals surface area contributed by atoms with Crippen molar-refractivity contribution < 1.29 is 9.13 Å². The lowest BCUT2D eigenvalue weighted by Crippen LogP contribution is -2.47. The number of benzene rings is 2. The molecule has 176 valence electrons. The fourth-order valence-corrected chi connectivity index (χ4v) is 8.69. The first-order valence-electron chi connectivity index (χ1n) is 13.4. The van der Waals surface area contributed by atoms with E-state index in [4.69, 9.17) is 4.74 Å². The predicted octanol–water partition coefficient (Wildman–Crippen LogP) is 8.35. The molecule has 3 fully saturated rings. The number of halogens is 1. The Morgan fingerprint density at radius 2 is 1.61 bits per heavy atom. The second-order valence-electron chi connectivity index (χ2n) is 12.4. The molecule has 6 rings (SSSR count). The second kappa shape index (κ2) is 7.59. The summed E-state index contributed by atoms with van der Waals surface area (Å²) >= 11 is 0. The number of rotatable bonds is 3. The van der Waals surface area contributed by atoms with E-state index in [1.165, 1.54) is 69.8 Å². The third-order valence-electron chi connectivity index (χ3n) is 10.8. The Morgan fingerprint density at radius 1 is 0.848 bits per heavy atom. The summed E-state index contributed by atoms with van der Waals surface area (Å²) in [7, 11) is 0. The third kappa shape index (κ3) is 3.30. The fourth-order valence-electron chi connectivity index (χ4n) is 8.69. The minimum atomic E-state index is -0.125. The van der Waals surface area contributed by atoms with Gasteiger partial charge in [0.2, 0.25) is 0 Å². The van der Waals surface area contributed by atoms with E-state index < -0.39 is 0 Å². The highest BCUT2D eigenvalue weighted by molar-refractivity contribution is 5.42. The summed E-state index contributed by atoms with van der Waals surface area (Å²) in [5, 5.41) is 0. The molecule has 0 amide bonds. The molecule has 0 saturated heterocycles. The number of fused-ring (bicyclic) bond motifs is 5. The van der Waals surface area contributed by atoms with Crippen molar-refractivity contribution in [2.24, 2.45) is 17.3 Å². The van der Waals surface area contributed by atoms with Gasteiger partial charge in [0.15, 0.2) is 0 Å². The van der Waals surface area contributed by atoms with Crippen LogP contribution in [0.25, 0.3) is 0 Å². The van der Waals surface area contributed by atoms with Gasteiger partial charge in [0.1, 0.15) is 17.2 Å². The lowest BCUT2D eigenvalue weighted by Gasteiger charge is -2.54. The Morgan fingerprint density at radius 3 is 2.36 bits per heavy atom. The van der Waals surface area contributed by atoms with E-state index in [1.54, 1.807) is 23.3 Å². The monoisotopic (exact) mass is 446 g/mol. The molecule has 2 heteroatoms. The summed E-state index contributed by atoms with van der Waals surface area (Å²) in [5.41, 5.74) is 4.96. The molecule has 2 aromatic carbocycles. The Balaban J connectivity index is 1.26. The molecule has 33 heavy (non-hydrogen) atoms. The molecule has 0 bridgehead atoms. The fraction of sp³-hybridized carbons (Fsp3) is 0.613. The zero-order chi connectivity index (χ0) is 22.8. The maximum atomic E-state index is 13.6. The van der Waals surface area contributed by atoms with Gasteiger partial charge in [-0.1, -0.05) is 32.0 Å². The normalized spacial score (nSPS) is 36.7. The van der Waals surface area contributed by atoms with Crippen molar-refractivity contribution in [3.63, 3.8) is 0 Å². The summed E-state index contributed by atoms with van der Waals surface area (Å²) in [5.74, 6) is 3.19. The molecule has 0 radical (unpaired) electrons. The Labute approximate surface area is 199 Å². The second-order valence-corrected chi connectivity index (χ2v) is 12.4. The highest BCUT2D eigenvalue weighted by Crippen LogP contribution is 2.67. The molecular weight excluding hydrogens is 407 g/mol. The van der Waals surface area contributed by atoms with Crippen LogP contribution in [0.1, 0.15) is 101 Å². The van der Waals surface area contributed by atoms with Crippen LogP contribution in [-0.4, -0.2) is 5.60 Å². The Kier molecular flexibility index (Phi) is 4.99. The van der Waals surface area contributed by atoms with Gasteiger partial charge in [-0.15, -0.1) is 0 Å². The quantitative estimate of drug-likeness (QED) is 0.460. The van der Waals surface area contributed by atoms with Gasteiger partial charge in [0.25, 0.3) is 0 Å². The zero-order valence-corrected chi connectivity index (χ0v) is 20.6. The maximum Gasteiger partial charge on any atom is 0.123 e. The molecule has 0 heterocycles. The van der Waals surface area contributed by atoms with Crippen molar-refractivity contribution in [2.75, 3.05) is 0 Å². The zero-order valence-electron chi connectivity index (χ0n) is 20.6. The minimum Gasteiger partial charge on any atom is -0.488 e. The van der Waals surface area contributed by atoms with Gasteiger partial charge >= 0.3 is 0 Å². The molecule has 0 aliphatic heterocycles. The van der Waals surface area contributed by atoms with E-state index in [1.807, 2.05) is 0 Å². The first kappa shape index (κ1) is 21.7. The van der Waals surface area contributed by atoms with Gasteiger partial charge in [0.05, 0.1) is 0 Å². The summed E-state index contributed by atoms with van der Waals surface area (Å²) < 4.78 is 20.2. The van der Waals surface area contributed by atoms with Crippen LogP contribution in [0.3, 0.4) is 0 Å². The predicted molar refractivity (Wildman–Crippen MR) is 132 cm³/mol. The van der Waals surface area contributed by atoms with Crippen molar-refractivity contribution in [3.05, 3.63) is 65.0 Å². The molecule has 1 nitrogen and oxygen atoms in total. The number of hydrogen-bond acceptors (Lipinski definition) is 1. The van der Waals surface area contributed by atoms with Gasteiger partial charge in [-0.2, -0.15) is 0 Å². The number of ether oxygens (including phenoxy) is 1. The van der Waals surface area contributed by atoms with E-state index in [2.05, 4.69) is 51.1 Å². The van der Waals surface area contributed by atoms with Crippen LogP contribution in [0.5, 0.6) is 5.75 Å². The lowest BCUT2D eigenvalue weighted by atomic mass is 9.50. The van der Waals surface area contributed by atoms with Crippen LogP contribution >= 0.6 is 0 Å². The minimum absolute atomic E-state index is 0.0345. The van der Waals surface area contributed by atoms with Gasteiger partial charge in [-0.3, -0.25) is 0 Å². The van der Waals surface area contributed by atoms with Crippen molar-refractivity contribution in [3.8, 4) is 5.75 Å². The van der Waals surface area contributed by atoms with Gasteiger partial charge < -0.3 is 4.74 Å². The van der Waals surface area contributed by atoms with E-state index in [0.717, 1.165) is 17.6 Å². The summed E-state index contributed by atoms with van der Waals surface area (Å²) in [6.07, 6.45) is 12.5. The van der Waals surface area contributed by atoms with E-state index in [0.29, 0.717) is 11.3 Å². The highest BCUT2D eigenvalue weighted by Gasteiger charge is 2.60. The SMILES string of the molecule is CC1(Oc2ccc3c(c2)CC[C@@H]2[C@@H]3CC[C@@]3(C)[C@H]2CC[C@]3(C)c2ccc(F)cc2)CCCC1. The van der Waals surface area contributed by atoms with Crippen LogP contribution in [0.4, 0.5) is 4.39 Å². The first-order valence-corrected chi connectivity index (χ1v) is 13.4. The third-order valence-corrected chi connectivity index (χ3v) is 10.8. The first-order chi connectivity index (χ1) is 15.8. The standard InChI is InChI=1S/C31H39FO/c1-29(16-4-5-17-29)33-24-11-13-25-21(20-24)6-12-27-26(25)14-18-31(3)28(27)15-19-30(31,2)22-7-9-23(32)10-8-22/h7-11,13,20,26-28H,4-6,12,14-19H2,1-3H3/t26-,27-,28+,30-,31+/m1/s1. The molecule has 0 N–H and O–H groups in total. The smallest absolute Gasteiger partial charge is 0.123 e. The van der Waals surface area contributed by atoms with Gasteiger partial charge in [-0.25, -0.2) is 4.39 Å². The molecule has 5 atom stereocenters. The molecule has 0 aromatic heterocycles. The lowest BCUT2D eigenvalue weighted by molar-refractivity contribution is 0.0175. The van der Waals surface area contributed by atoms with Crippen LogP contribution in [0.15, 0.2) is 42.5 Å². The molecular formula is C31H39FO. The summed E-state index contributed by atoms with van der Waals surface area (Å²) in [6, 6.07) is 14.5. The topological polar surface area (TPSA) is 9.23 Å².